The van der Waals surface area contributed by atoms with E-state index in [2.05, 4.69) is 55.0 Å². The first-order valence-corrected chi connectivity index (χ1v) is 10.2. The predicted molar refractivity (Wildman–Crippen MR) is 133 cm³/mol. The summed E-state index contributed by atoms with van der Waals surface area (Å²) in [6.07, 6.45) is 1.30. The summed E-state index contributed by atoms with van der Waals surface area (Å²) in [5, 5.41) is 13.8. The number of carbonyl (C=O) groups is 1. The number of guanidine groups is 1. The number of aliphatic imine (C=N–C) groups is 1. The molecule has 0 radical (unpaired) electrons. The van der Waals surface area contributed by atoms with E-state index in [4.69, 9.17) is 0 Å². The van der Waals surface area contributed by atoms with Crippen LogP contribution in [0.3, 0.4) is 0 Å². The molecule has 2 aromatic rings. The van der Waals surface area contributed by atoms with Crippen molar-refractivity contribution in [2.45, 2.75) is 40.2 Å². The molecule has 0 aliphatic heterocycles. The maximum absolute atomic E-state index is 12.1. The molecule has 7 nitrogen and oxygen atoms in total. The lowest BCUT2D eigenvalue weighted by atomic mass is 10.2. The van der Waals surface area contributed by atoms with Crippen molar-refractivity contribution in [2.24, 2.45) is 4.99 Å². The van der Waals surface area contributed by atoms with Gasteiger partial charge in [-0.25, -0.2) is 0 Å². The number of nitrogens with one attached hydrogen (secondary N) is 3. The molecule has 0 fully saturated rings. The maximum atomic E-state index is 12.1. The van der Waals surface area contributed by atoms with E-state index in [9.17, 15) is 4.79 Å². The van der Waals surface area contributed by atoms with Gasteiger partial charge in [0.2, 0.25) is 5.91 Å². The molecule has 1 aromatic carbocycles. The average Bonchev–Trinajstić information content (AvgIpc) is 2.96. The molecule has 0 saturated heterocycles. The summed E-state index contributed by atoms with van der Waals surface area (Å²) >= 11 is 3.42. The first-order chi connectivity index (χ1) is 13.4. The molecule has 2 rings (SSSR count). The van der Waals surface area contributed by atoms with E-state index in [0.717, 1.165) is 40.9 Å². The molecular weight excluding hydrogens is 547 g/mol. The number of carbonyl (C=O) groups excluding carboxylic acids is 1. The maximum Gasteiger partial charge on any atom is 0.226 e. The zero-order valence-corrected chi connectivity index (χ0v) is 21.3. The van der Waals surface area contributed by atoms with Crippen molar-refractivity contribution in [2.75, 3.05) is 25.5 Å². The molecule has 1 amide bonds. The largest absolute Gasteiger partial charge is 0.356 e. The Morgan fingerprint density at radius 3 is 2.52 bits per heavy atom. The molecule has 0 atom stereocenters. The van der Waals surface area contributed by atoms with Gasteiger partial charge in [-0.2, -0.15) is 5.10 Å². The standard InChI is InChI=1S/C20H29BrN6O.HI/c1-14-12-17(21)6-7-18(14)25-19(28)8-10-24-20(22-4)23-9-5-11-27-16(3)13-15(2)26-27;/h6-7,12-13H,5,8-11H2,1-4H3,(H,25,28)(H2,22,23,24);1H. The van der Waals surface area contributed by atoms with Crippen LogP contribution in [0, 0.1) is 20.8 Å². The Bertz CT molecular complexity index is 836. The number of hydrogen-bond acceptors (Lipinski definition) is 3. The molecule has 0 aliphatic carbocycles. The van der Waals surface area contributed by atoms with E-state index in [1.807, 2.05) is 36.7 Å². The third kappa shape index (κ3) is 8.73. The first kappa shape index (κ1) is 25.4. The van der Waals surface area contributed by atoms with E-state index < -0.39 is 0 Å². The first-order valence-electron chi connectivity index (χ1n) is 9.40. The van der Waals surface area contributed by atoms with Crippen LogP contribution in [-0.2, 0) is 11.3 Å². The fraction of sp³-hybridized carbons (Fsp3) is 0.450. The van der Waals surface area contributed by atoms with Gasteiger partial charge in [0, 0.05) is 49.0 Å². The van der Waals surface area contributed by atoms with Crippen molar-refractivity contribution in [3.63, 3.8) is 0 Å². The molecule has 29 heavy (non-hydrogen) atoms. The van der Waals surface area contributed by atoms with E-state index in [1.54, 1.807) is 7.05 Å². The average molecular weight is 577 g/mol. The predicted octanol–water partition coefficient (Wildman–Crippen LogP) is 3.77. The van der Waals surface area contributed by atoms with Crippen LogP contribution < -0.4 is 16.0 Å². The van der Waals surface area contributed by atoms with Gasteiger partial charge in [-0.15, -0.1) is 24.0 Å². The summed E-state index contributed by atoms with van der Waals surface area (Å²) in [4.78, 5) is 16.3. The van der Waals surface area contributed by atoms with Crippen LogP contribution in [0.4, 0.5) is 5.69 Å². The Balaban J connectivity index is 0.00000420. The second-order valence-corrected chi connectivity index (χ2v) is 7.60. The summed E-state index contributed by atoms with van der Waals surface area (Å²) < 4.78 is 3.01. The van der Waals surface area contributed by atoms with Gasteiger partial charge in [-0.05, 0) is 57.0 Å². The number of aryl methyl sites for hydroxylation is 4. The molecule has 0 spiro atoms. The Kier molecular flexibility index (Phi) is 11.3. The van der Waals surface area contributed by atoms with Gasteiger partial charge in [-0.3, -0.25) is 14.5 Å². The van der Waals surface area contributed by atoms with Gasteiger partial charge in [-0.1, -0.05) is 15.9 Å². The van der Waals surface area contributed by atoms with Crippen LogP contribution in [-0.4, -0.2) is 41.8 Å². The highest BCUT2D eigenvalue weighted by Gasteiger charge is 2.06. The minimum Gasteiger partial charge on any atom is -0.356 e. The number of anilines is 1. The van der Waals surface area contributed by atoms with E-state index >= 15 is 0 Å². The van der Waals surface area contributed by atoms with Crippen molar-refractivity contribution < 1.29 is 4.79 Å². The van der Waals surface area contributed by atoms with Gasteiger partial charge in [0.15, 0.2) is 5.96 Å². The van der Waals surface area contributed by atoms with Crippen LogP contribution >= 0.6 is 39.9 Å². The van der Waals surface area contributed by atoms with Gasteiger partial charge in [0.05, 0.1) is 5.69 Å². The number of benzene rings is 1. The SMILES string of the molecule is CN=C(NCCCn1nc(C)cc1C)NCCC(=O)Nc1ccc(Br)cc1C.I. The zero-order chi connectivity index (χ0) is 20.5. The van der Waals surface area contributed by atoms with Crippen molar-refractivity contribution in [1.82, 2.24) is 20.4 Å². The molecule has 9 heteroatoms. The summed E-state index contributed by atoms with van der Waals surface area (Å²) in [7, 11) is 1.72. The lowest BCUT2D eigenvalue weighted by Gasteiger charge is -2.13. The number of rotatable bonds is 8. The third-order valence-corrected chi connectivity index (χ3v) is 4.77. The summed E-state index contributed by atoms with van der Waals surface area (Å²) in [5.41, 5.74) is 4.07. The number of halogens is 2. The lowest BCUT2D eigenvalue weighted by molar-refractivity contribution is -0.116. The molecular formula is C20H30BrIN6O. The molecule has 160 valence electrons. The number of aromatic nitrogens is 2. The zero-order valence-electron chi connectivity index (χ0n) is 17.4. The quantitative estimate of drug-likeness (QED) is 0.193. The topological polar surface area (TPSA) is 83.3 Å². The Morgan fingerprint density at radius 2 is 1.90 bits per heavy atom. The molecule has 0 unspecified atom stereocenters. The Labute approximate surface area is 198 Å². The Morgan fingerprint density at radius 1 is 1.17 bits per heavy atom. The fourth-order valence-corrected chi connectivity index (χ4v) is 3.31. The van der Waals surface area contributed by atoms with E-state index in [-0.39, 0.29) is 29.9 Å². The number of nitrogens with zero attached hydrogens (tertiary/aromatic N) is 3. The van der Waals surface area contributed by atoms with E-state index in [0.29, 0.717) is 18.9 Å². The normalized spacial score (nSPS) is 11.0. The Hall–Kier alpha value is -1.62. The highest BCUT2D eigenvalue weighted by Crippen LogP contribution is 2.20. The molecule has 0 bridgehead atoms. The summed E-state index contributed by atoms with van der Waals surface area (Å²) in [6, 6.07) is 7.87. The third-order valence-electron chi connectivity index (χ3n) is 4.27. The van der Waals surface area contributed by atoms with Crippen LogP contribution in [0.15, 0.2) is 33.7 Å². The summed E-state index contributed by atoms with van der Waals surface area (Å²) in [5.74, 6) is 0.666. The van der Waals surface area contributed by atoms with Crippen molar-refractivity contribution in [1.29, 1.82) is 0 Å². The van der Waals surface area contributed by atoms with Gasteiger partial charge < -0.3 is 16.0 Å². The van der Waals surface area contributed by atoms with E-state index in [1.165, 1.54) is 5.69 Å². The molecule has 0 aliphatic rings. The van der Waals surface area contributed by atoms with Crippen LogP contribution in [0.5, 0.6) is 0 Å². The molecule has 1 aromatic heterocycles. The fourth-order valence-electron chi connectivity index (χ4n) is 2.83. The highest BCUT2D eigenvalue weighted by atomic mass is 127. The molecule has 1 heterocycles. The van der Waals surface area contributed by atoms with Crippen molar-refractivity contribution in [3.05, 3.63) is 45.7 Å². The highest BCUT2D eigenvalue weighted by molar-refractivity contribution is 14.0. The second kappa shape index (κ2) is 12.8. The molecule has 3 N–H and O–H groups in total. The second-order valence-electron chi connectivity index (χ2n) is 6.69. The minimum absolute atomic E-state index is 0. The molecule has 0 saturated carbocycles. The van der Waals surface area contributed by atoms with Gasteiger partial charge in [0.1, 0.15) is 0 Å². The monoisotopic (exact) mass is 576 g/mol. The van der Waals surface area contributed by atoms with Gasteiger partial charge in [0.25, 0.3) is 0 Å². The minimum atomic E-state index is -0.0297. The lowest BCUT2D eigenvalue weighted by Crippen LogP contribution is -2.39. The van der Waals surface area contributed by atoms with Crippen molar-refractivity contribution in [3.8, 4) is 0 Å². The van der Waals surface area contributed by atoms with Crippen LogP contribution in [0.2, 0.25) is 0 Å². The van der Waals surface area contributed by atoms with Crippen LogP contribution in [0.1, 0.15) is 29.8 Å². The van der Waals surface area contributed by atoms with Crippen molar-refractivity contribution >= 4 is 57.5 Å². The number of hydrogen-bond donors (Lipinski definition) is 3. The summed E-state index contributed by atoms with van der Waals surface area (Å²) in [6.45, 7) is 8.19. The number of amides is 1. The van der Waals surface area contributed by atoms with Crippen LogP contribution in [0.25, 0.3) is 0 Å². The smallest absolute Gasteiger partial charge is 0.226 e. The van der Waals surface area contributed by atoms with Gasteiger partial charge >= 0.3 is 0 Å².